The van der Waals surface area contributed by atoms with E-state index in [1.807, 2.05) is 24.3 Å². The Labute approximate surface area is 232 Å². The zero-order valence-corrected chi connectivity index (χ0v) is 22.3. The van der Waals surface area contributed by atoms with Crippen LogP contribution in [-0.4, -0.2) is 37.8 Å². The Bertz CT molecular complexity index is 1630. The molecule has 0 unspecified atom stereocenters. The Kier molecular flexibility index (Phi) is 7.35. The first-order valence-electron chi connectivity index (χ1n) is 13.0. The average Bonchev–Trinajstić information content (AvgIpc) is 3.02. The number of fused-ring (bicyclic) bond motifs is 2. The van der Waals surface area contributed by atoms with Gasteiger partial charge in [-0.3, -0.25) is 9.97 Å². The van der Waals surface area contributed by atoms with Gasteiger partial charge in [-0.25, -0.2) is 0 Å². The second kappa shape index (κ2) is 11.5. The van der Waals surface area contributed by atoms with Gasteiger partial charge >= 0.3 is 0 Å². The molecule has 0 spiro atoms. The molecule has 4 aromatic carbocycles. The fraction of sp³-hybridized carbons (Fsp3) is 0.118. The summed E-state index contributed by atoms with van der Waals surface area (Å²) in [6.07, 6.45) is 3.56. The molecule has 6 heteroatoms. The van der Waals surface area contributed by atoms with E-state index in [1.165, 1.54) is 0 Å². The van der Waals surface area contributed by atoms with Crippen LogP contribution in [0.2, 0.25) is 0 Å². The number of hydrogen-bond donors (Lipinski definition) is 0. The second-order valence-corrected chi connectivity index (χ2v) is 9.28. The second-order valence-electron chi connectivity index (χ2n) is 9.28. The summed E-state index contributed by atoms with van der Waals surface area (Å²) in [4.78, 5) is 9.12. The third-order valence-electron chi connectivity index (χ3n) is 6.86. The molecule has 0 aliphatic carbocycles. The lowest BCUT2D eigenvalue weighted by atomic mass is 9.95. The molecule has 0 saturated heterocycles. The number of methoxy groups -OCH3 is 2. The summed E-state index contributed by atoms with van der Waals surface area (Å²) in [5.74, 6) is 1.41. The number of aromatic nitrogens is 2. The highest BCUT2D eigenvalue weighted by molar-refractivity contribution is 5.99. The summed E-state index contributed by atoms with van der Waals surface area (Å²) in [6.45, 7) is 0.361. The molecule has 2 aromatic heterocycles. The molecule has 6 rings (SSSR count). The van der Waals surface area contributed by atoms with Gasteiger partial charge in [0.05, 0.1) is 0 Å². The van der Waals surface area contributed by atoms with E-state index in [0.717, 1.165) is 55.2 Å². The van der Waals surface area contributed by atoms with Crippen LogP contribution in [0, 0.1) is 0 Å². The van der Waals surface area contributed by atoms with Crippen molar-refractivity contribution in [2.24, 2.45) is 0 Å². The van der Waals surface area contributed by atoms with Crippen molar-refractivity contribution in [1.29, 1.82) is 0 Å². The van der Waals surface area contributed by atoms with E-state index in [0.29, 0.717) is 11.5 Å². The number of benzene rings is 4. The van der Waals surface area contributed by atoms with Gasteiger partial charge in [0.25, 0.3) is 0 Å². The van der Waals surface area contributed by atoms with Gasteiger partial charge in [-0.1, -0.05) is 60.7 Å². The Hall–Kier alpha value is -4.78. The lowest BCUT2D eigenvalue weighted by Gasteiger charge is -2.13. The van der Waals surface area contributed by atoms with Gasteiger partial charge in [0.15, 0.2) is 13.6 Å². The minimum atomic E-state index is 0.180. The maximum Gasteiger partial charge on any atom is 0.188 e. The molecule has 0 N–H and O–H groups in total. The van der Waals surface area contributed by atoms with Crippen LogP contribution in [0.15, 0.2) is 109 Å². The molecule has 2 heterocycles. The van der Waals surface area contributed by atoms with Gasteiger partial charge in [-0.2, -0.15) is 0 Å². The van der Waals surface area contributed by atoms with E-state index >= 15 is 0 Å². The lowest BCUT2D eigenvalue weighted by Crippen LogP contribution is -2.00. The predicted molar refractivity (Wildman–Crippen MR) is 158 cm³/mol. The van der Waals surface area contributed by atoms with Crippen molar-refractivity contribution in [3.8, 4) is 44.9 Å². The molecule has 0 amide bonds. The maximum atomic E-state index is 5.72. The normalized spacial score (nSPS) is 11.2. The standard InChI is InChI=1S/C34H28N2O4/c1-37-21-39-31-17-15-27(29-5-3-19-35-33(29)31)25-11-7-23(8-12-25)24-9-13-26(14-10-24)28-16-18-32(40-22-38-2)34-30(28)6-4-20-36-34/h3-20H,21-22H2,1-2H3. The highest BCUT2D eigenvalue weighted by Crippen LogP contribution is 2.36. The van der Waals surface area contributed by atoms with Crippen molar-refractivity contribution in [3.63, 3.8) is 0 Å². The summed E-state index contributed by atoms with van der Waals surface area (Å²) < 4.78 is 21.6. The number of pyridine rings is 2. The van der Waals surface area contributed by atoms with Gasteiger partial charge in [-0.05, 0) is 69.8 Å². The van der Waals surface area contributed by atoms with E-state index in [9.17, 15) is 0 Å². The molecule has 198 valence electrons. The van der Waals surface area contributed by atoms with Gasteiger partial charge in [0.1, 0.15) is 22.5 Å². The predicted octanol–water partition coefficient (Wildman–Crippen LogP) is 7.75. The van der Waals surface area contributed by atoms with Crippen LogP contribution < -0.4 is 9.47 Å². The Morgan fingerprint density at radius 1 is 0.475 bits per heavy atom. The highest BCUT2D eigenvalue weighted by Gasteiger charge is 2.12. The maximum absolute atomic E-state index is 5.72. The molecule has 0 aliphatic heterocycles. The molecule has 0 radical (unpaired) electrons. The van der Waals surface area contributed by atoms with Crippen molar-refractivity contribution in [3.05, 3.63) is 109 Å². The van der Waals surface area contributed by atoms with E-state index < -0.39 is 0 Å². The largest absolute Gasteiger partial charge is 0.465 e. The monoisotopic (exact) mass is 528 g/mol. The first-order chi connectivity index (χ1) is 19.8. The summed E-state index contributed by atoms with van der Waals surface area (Å²) >= 11 is 0. The average molecular weight is 529 g/mol. The number of rotatable bonds is 9. The zero-order chi connectivity index (χ0) is 27.3. The lowest BCUT2D eigenvalue weighted by molar-refractivity contribution is 0.0519. The van der Waals surface area contributed by atoms with Crippen molar-refractivity contribution in [1.82, 2.24) is 9.97 Å². The summed E-state index contributed by atoms with van der Waals surface area (Å²) in [5, 5.41) is 2.07. The Balaban J connectivity index is 1.28. The fourth-order valence-electron chi connectivity index (χ4n) is 4.96. The number of nitrogens with zero attached hydrogens (tertiary/aromatic N) is 2. The first-order valence-corrected chi connectivity index (χ1v) is 13.0. The summed E-state index contributed by atoms with van der Waals surface area (Å²) in [7, 11) is 3.21. The third kappa shape index (κ3) is 4.98. The summed E-state index contributed by atoms with van der Waals surface area (Å²) in [5.41, 5.74) is 8.37. The molecule has 0 saturated carbocycles. The topological polar surface area (TPSA) is 62.7 Å². The van der Waals surface area contributed by atoms with Gasteiger partial charge in [0, 0.05) is 37.4 Å². The van der Waals surface area contributed by atoms with Crippen molar-refractivity contribution in [2.75, 3.05) is 27.8 Å². The van der Waals surface area contributed by atoms with Crippen LogP contribution >= 0.6 is 0 Å². The molecule has 0 aliphatic rings. The van der Waals surface area contributed by atoms with E-state index in [2.05, 4.69) is 82.8 Å². The summed E-state index contributed by atoms with van der Waals surface area (Å²) in [6, 6.07) is 33.3. The van der Waals surface area contributed by atoms with Crippen LogP contribution in [0.4, 0.5) is 0 Å². The first kappa shape index (κ1) is 25.5. The molecular weight excluding hydrogens is 500 g/mol. The Morgan fingerprint density at radius 3 is 1.27 bits per heavy atom. The smallest absolute Gasteiger partial charge is 0.188 e. The Morgan fingerprint density at radius 2 is 0.875 bits per heavy atom. The van der Waals surface area contributed by atoms with E-state index in [1.54, 1.807) is 26.6 Å². The molecule has 6 aromatic rings. The van der Waals surface area contributed by atoms with Crippen LogP contribution in [0.3, 0.4) is 0 Å². The van der Waals surface area contributed by atoms with Crippen molar-refractivity contribution in [2.45, 2.75) is 0 Å². The van der Waals surface area contributed by atoms with Crippen LogP contribution in [0.5, 0.6) is 11.5 Å². The fourth-order valence-corrected chi connectivity index (χ4v) is 4.96. The minimum absolute atomic E-state index is 0.180. The molecular formula is C34H28N2O4. The molecule has 0 fully saturated rings. The van der Waals surface area contributed by atoms with Crippen LogP contribution in [0.1, 0.15) is 0 Å². The van der Waals surface area contributed by atoms with Gasteiger partial charge < -0.3 is 18.9 Å². The van der Waals surface area contributed by atoms with Gasteiger partial charge in [0.2, 0.25) is 0 Å². The molecule has 6 nitrogen and oxygen atoms in total. The van der Waals surface area contributed by atoms with Gasteiger partial charge in [-0.15, -0.1) is 0 Å². The zero-order valence-electron chi connectivity index (χ0n) is 22.3. The SMILES string of the molecule is COCOc1ccc(-c2ccc(-c3ccc(-c4ccc(OCOC)c5ncccc45)cc3)cc2)c2cccnc12. The molecule has 0 atom stereocenters. The number of ether oxygens (including phenoxy) is 4. The van der Waals surface area contributed by atoms with Crippen molar-refractivity contribution >= 4 is 21.8 Å². The minimum Gasteiger partial charge on any atom is -0.465 e. The highest BCUT2D eigenvalue weighted by atomic mass is 16.7. The van der Waals surface area contributed by atoms with E-state index in [-0.39, 0.29) is 13.6 Å². The van der Waals surface area contributed by atoms with Crippen LogP contribution in [0.25, 0.3) is 55.2 Å². The molecule has 0 bridgehead atoms. The quantitative estimate of drug-likeness (QED) is 0.179. The van der Waals surface area contributed by atoms with E-state index in [4.69, 9.17) is 18.9 Å². The molecule has 40 heavy (non-hydrogen) atoms. The van der Waals surface area contributed by atoms with Crippen molar-refractivity contribution < 1.29 is 18.9 Å². The van der Waals surface area contributed by atoms with Crippen LogP contribution in [-0.2, 0) is 9.47 Å². The third-order valence-corrected chi connectivity index (χ3v) is 6.86. The number of hydrogen-bond acceptors (Lipinski definition) is 6.